The van der Waals surface area contributed by atoms with Crippen LogP contribution in [0.4, 0.5) is 27.4 Å². The lowest BCUT2D eigenvalue weighted by molar-refractivity contribution is -0.119. The summed E-state index contributed by atoms with van der Waals surface area (Å²) in [5.41, 5.74) is 4.11. The highest BCUT2D eigenvalue weighted by molar-refractivity contribution is 5.97. The molecule has 9 nitrogen and oxygen atoms in total. The van der Waals surface area contributed by atoms with Crippen LogP contribution in [0, 0.1) is 17.1 Å². The van der Waals surface area contributed by atoms with Gasteiger partial charge in [0.15, 0.2) is 5.82 Å². The number of carbonyl (C=O) groups excluding carboxylic acids is 1. The van der Waals surface area contributed by atoms with Crippen molar-refractivity contribution in [1.29, 1.82) is 5.26 Å². The van der Waals surface area contributed by atoms with E-state index in [9.17, 15) is 15.2 Å². The summed E-state index contributed by atoms with van der Waals surface area (Å²) < 4.78 is 15.4. The number of nitrogens with one attached hydrogen (secondary N) is 2. The average molecular weight is 502 g/mol. The summed E-state index contributed by atoms with van der Waals surface area (Å²) in [6, 6.07) is 11.0. The van der Waals surface area contributed by atoms with Crippen LogP contribution in [-0.4, -0.2) is 66.2 Å². The van der Waals surface area contributed by atoms with Gasteiger partial charge in [-0.25, -0.2) is 14.4 Å². The fourth-order valence-corrected chi connectivity index (χ4v) is 4.92. The van der Waals surface area contributed by atoms with Gasteiger partial charge in [0.25, 0.3) is 0 Å². The molecule has 0 saturated heterocycles. The van der Waals surface area contributed by atoms with Crippen LogP contribution in [0.3, 0.4) is 0 Å². The Morgan fingerprint density at radius 2 is 2.16 bits per heavy atom. The smallest absolute Gasteiger partial charge is 0.241 e. The third-order valence-corrected chi connectivity index (χ3v) is 6.96. The van der Waals surface area contributed by atoms with Crippen LogP contribution in [0.15, 0.2) is 36.5 Å². The van der Waals surface area contributed by atoms with Crippen LogP contribution < -0.4 is 15.5 Å². The van der Waals surface area contributed by atoms with Crippen LogP contribution in [0.1, 0.15) is 23.6 Å². The Bertz CT molecular complexity index is 1430. The first-order valence-corrected chi connectivity index (χ1v) is 12.0. The van der Waals surface area contributed by atoms with E-state index in [0.29, 0.717) is 47.6 Å². The maximum atomic E-state index is 15.4. The van der Waals surface area contributed by atoms with Gasteiger partial charge in [0.05, 0.1) is 35.8 Å². The molecule has 5 rings (SSSR count). The van der Waals surface area contributed by atoms with E-state index in [4.69, 9.17) is 0 Å². The van der Waals surface area contributed by atoms with E-state index in [2.05, 4.69) is 26.7 Å². The summed E-state index contributed by atoms with van der Waals surface area (Å²) in [5.74, 6) is -0.295. The number of aliphatic hydroxyl groups excluding tert-OH is 1. The number of amides is 1. The second kappa shape index (κ2) is 9.42. The van der Waals surface area contributed by atoms with E-state index < -0.39 is 11.2 Å². The molecule has 0 radical (unpaired) electrons. The average Bonchev–Trinajstić information content (AvgIpc) is 3.47. The highest BCUT2D eigenvalue weighted by Crippen LogP contribution is 2.41. The lowest BCUT2D eigenvalue weighted by Crippen LogP contribution is -2.36. The minimum absolute atomic E-state index is 0.0618. The number of hydrogen-bond donors (Lipinski definition) is 3. The fourth-order valence-electron chi connectivity index (χ4n) is 4.92. The van der Waals surface area contributed by atoms with Gasteiger partial charge in [-0.05, 0) is 56.4 Å². The number of benzene rings is 2. The first-order chi connectivity index (χ1) is 17.7. The third kappa shape index (κ3) is 4.37. The van der Waals surface area contributed by atoms with Gasteiger partial charge in [-0.15, -0.1) is 0 Å². The van der Waals surface area contributed by atoms with Crippen LogP contribution in [0.5, 0.6) is 0 Å². The van der Waals surface area contributed by atoms with Crippen molar-refractivity contribution in [3.05, 3.63) is 59.0 Å². The molecule has 1 aromatic heterocycles. The highest BCUT2D eigenvalue weighted by atomic mass is 19.1. The normalized spacial score (nSPS) is 17.8. The summed E-state index contributed by atoms with van der Waals surface area (Å²) >= 11 is 0. The topological polar surface area (TPSA) is 117 Å². The second-order valence-corrected chi connectivity index (χ2v) is 9.98. The Morgan fingerprint density at radius 1 is 1.35 bits per heavy atom. The Balaban J connectivity index is 1.44. The number of fused-ring (bicyclic) bond motifs is 2. The zero-order valence-electron chi connectivity index (χ0n) is 21.0. The van der Waals surface area contributed by atoms with Gasteiger partial charge in [-0.3, -0.25) is 4.79 Å². The van der Waals surface area contributed by atoms with Crippen molar-refractivity contribution in [2.24, 2.45) is 0 Å². The van der Waals surface area contributed by atoms with Crippen molar-refractivity contribution in [3.8, 4) is 17.3 Å². The van der Waals surface area contributed by atoms with Crippen molar-refractivity contribution >= 4 is 28.9 Å². The molecule has 1 atom stereocenters. The zero-order chi connectivity index (χ0) is 26.3. The largest absolute Gasteiger partial charge is 0.395 e. The molecule has 190 valence electrons. The predicted octanol–water partition coefficient (Wildman–Crippen LogP) is 3.02. The number of aliphatic hydroxyl groups is 1. The van der Waals surface area contributed by atoms with E-state index in [1.54, 1.807) is 40.3 Å². The number of nitriles is 1. The third-order valence-electron chi connectivity index (χ3n) is 6.96. The molecule has 2 aliphatic rings. The van der Waals surface area contributed by atoms with Crippen molar-refractivity contribution < 1.29 is 14.3 Å². The van der Waals surface area contributed by atoms with E-state index in [-0.39, 0.29) is 30.7 Å². The molecule has 37 heavy (non-hydrogen) atoms. The van der Waals surface area contributed by atoms with E-state index in [1.807, 2.05) is 27.1 Å². The van der Waals surface area contributed by atoms with Gasteiger partial charge >= 0.3 is 0 Å². The number of nitrogens with zero attached hydrogens (tertiary/aromatic N) is 5. The van der Waals surface area contributed by atoms with Gasteiger partial charge < -0.3 is 25.5 Å². The first kappa shape index (κ1) is 24.6. The Kier molecular flexibility index (Phi) is 6.27. The van der Waals surface area contributed by atoms with Crippen LogP contribution in [-0.2, 0) is 16.6 Å². The minimum Gasteiger partial charge on any atom is -0.395 e. The Hall–Kier alpha value is -4.07. The highest BCUT2D eigenvalue weighted by Gasteiger charge is 2.36. The fraction of sp³-hybridized carbons (Fsp3) is 0.333. The molecule has 1 unspecified atom stereocenters. The lowest BCUT2D eigenvalue weighted by atomic mass is 9.83. The van der Waals surface area contributed by atoms with Crippen LogP contribution in [0.25, 0.3) is 11.3 Å². The van der Waals surface area contributed by atoms with Crippen LogP contribution in [0.2, 0.25) is 0 Å². The number of carbonyl (C=O) groups is 1. The van der Waals surface area contributed by atoms with Crippen molar-refractivity contribution in [2.45, 2.75) is 18.8 Å². The van der Waals surface area contributed by atoms with Crippen LogP contribution >= 0.6 is 0 Å². The maximum Gasteiger partial charge on any atom is 0.241 e. The standard InChI is InChI=1S/C27H28FN7O2/c1-27(15-36)14-31-25-17(12-29)10-16(11-19(25)27)20-6-8-30-26(32-20)33-21-4-5-22-18(24(21)28)7-9-35(22)23(37)13-34(2)3/h4-6,8,10-11,31,36H,7,9,13-15H2,1-3H3,(H,30,32,33). The van der Waals surface area contributed by atoms with Gasteiger partial charge in [0.1, 0.15) is 6.07 Å². The number of aromatic nitrogens is 2. The van der Waals surface area contributed by atoms with Gasteiger partial charge in [0, 0.05) is 41.5 Å². The number of hydrogen-bond acceptors (Lipinski definition) is 8. The molecule has 10 heteroatoms. The SMILES string of the molecule is CN(C)CC(=O)N1CCc2c1ccc(Nc1nccc(-c3cc(C#N)c4c(c3)C(C)(CO)CN4)n1)c2F. The second-order valence-electron chi connectivity index (χ2n) is 9.98. The van der Waals surface area contributed by atoms with Crippen molar-refractivity contribution in [3.63, 3.8) is 0 Å². The van der Waals surface area contributed by atoms with Gasteiger partial charge in [-0.1, -0.05) is 6.92 Å². The van der Waals surface area contributed by atoms with Crippen molar-refractivity contribution in [1.82, 2.24) is 14.9 Å². The molecule has 0 spiro atoms. The van der Waals surface area contributed by atoms with E-state index in [0.717, 1.165) is 11.3 Å². The summed E-state index contributed by atoms with van der Waals surface area (Å²) in [4.78, 5) is 24.8. The van der Waals surface area contributed by atoms with E-state index >= 15 is 4.39 Å². The number of rotatable bonds is 6. The zero-order valence-corrected chi connectivity index (χ0v) is 21.0. The lowest BCUT2D eigenvalue weighted by Gasteiger charge is -2.21. The Morgan fingerprint density at radius 3 is 2.89 bits per heavy atom. The molecule has 3 aromatic rings. The maximum absolute atomic E-state index is 15.4. The minimum atomic E-state index is -0.513. The molecule has 0 bridgehead atoms. The monoisotopic (exact) mass is 501 g/mol. The molecule has 2 aromatic carbocycles. The predicted molar refractivity (Wildman–Crippen MR) is 139 cm³/mol. The summed E-state index contributed by atoms with van der Waals surface area (Å²) in [5, 5.41) is 25.9. The molecule has 0 fully saturated rings. The number of anilines is 4. The van der Waals surface area contributed by atoms with Gasteiger partial charge in [0.2, 0.25) is 11.9 Å². The number of likely N-dealkylation sites (N-methyl/N-ethyl adjacent to an activating group) is 1. The molecular formula is C27H28FN7O2. The summed E-state index contributed by atoms with van der Waals surface area (Å²) in [7, 11) is 3.64. The quantitative estimate of drug-likeness (QED) is 0.472. The van der Waals surface area contributed by atoms with Crippen molar-refractivity contribution in [2.75, 3.05) is 55.9 Å². The molecule has 3 N–H and O–H groups in total. The summed E-state index contributed by atoms with van der Waals surface area (Å²) in [6.07, 6.45) is 2.00. The Labute approximate surface area is 214 Å². The molecule has 0 aliphatic carbocycles. The molecule has 0 saturated carbocycles. The molecule has 2 aliphatic heterocycles. The first-order valence-electron chi connectivity index (χ1n) is 12.0. The number of halogens is 1. The molecule has 3 heterocycles. The van der Waals surface area contributed by atoms with Gasteiger partial charge in [-0.2, -0.15) is 5.26 Å². The molecule has 1 amide bonds. The summed E-state index contributed by atoms with van der Waals surface area (Å²) in [6.45, 7) is 3.10. The molecular weight excluding hydrogens is 473 g/mol. The van der Waals surface area contributed by atoms with E-state index in [1.165, 1.54) is 0 Å².